The van der Waals surface area contributed by atoms with Crippen molar-refractivity contribution in [3.05, 3.63) is 36.0 Å². The van der Waals surface area contributed by atoms with E-state index in [1.165, 1.54) is 12.3 Å². The molecular weight excluding hydrogens is 470 g/mol. The van der Waals surface area contributed by atoms with E-state index < -0.39 is 43.3 Å². The highest BCUT2D eigenvalue weighted by Crippen LogP contribution is 2.31. The van der Waals surface area contributed by atoms with Crippen LogP contribution in [0.3, 0.4) is 0 Å². The molecule has 4 rings (SSSR count). The molecule has 0 radical (unpaired) electrons. The Balaban J connectivity index is 1.34. The molecule has 2 aromatic rings. The van der Waals surface area contributed by atoms with Gasteiger partial charge in [-0.15, -0.1) is 0 Å². The molecule has 2 saturated heterocycles. The Hall–Kier alpha value is -3.36. The maximum absolute atomic E-state index is 13.6. The highest BCUT2D eigenvalue weighted by molar-refractivity contribution is 6.07. The number of carbonyl (C=O) groups excluding carboxylic acids is 2. The predicted octanol–water partition coefficient (Wildman–Crippen LogP) is 1.74. The van der Waals surface area contributed by atoms with E-state index in [0.717, 1.165) is 44.0 Å². The fraction of sp³-hybridized carbons (Fsp3) is 0.520. The smallest absolute Gasteiger partial charge is 0.268 e. The summed E-state index contributed by atoms with van der Waals surface area (Å²) in [5, 5.41) is 12.1. The number of fused-ring (bicyclic) bond motifs is 1. The number of pyridine rings is 1. The van der Waals surface area contributed by atoms with Crippen LogP contribution in [0.5, 0.6) is 5.75 Å². The maximum Gasteiger partial charge on any atom is 0.268 e. The number of nitrogens with zero attached hydrogens (tertiary/aromatic N) is 5. The minimum absolute atomic E-state index is 0.291. The zero-order valence-electron chi connectivity index (χ0n) is 20.3. The summed E-state index contributed by atoms with van der Waals surface area (Å²) < 4.78 is 33.2. The molecule has 0 bridgehead atoms. The first-order chi connectivity index (χ1) is 17.3. The zero-order valence-corrected chi connectivity index (χ0v) is 20.3. The Labute approximate surface area is 208 Å². The Morgan fingerprint density at radius 2 is 2.03 bits per heavy atom. The number of halogens is 2. The molecule has 192 valence electrons. The van der Waals surface area contributed by atoms with Crippen LogP contribution in [0.4, 0.5) is 8.78 Å². The lowest BCUT2D eigenvalue weighted by Crippen LogP contribution is -2.44. The average molecular weight is 501 g/mol. The van der Waals surface area contributed by atoms with Gasteiger partial charge in [0, 0.05) is 50.7 Å². The van der Waals surface area contributed by atoms with Gasteiger partial charge >= 0.3 is 0 Å². The van der Waals surface area contributed by atoms with E-state index in [1.54, 1.807) is 24.3 Å². The number of likely N-dealkylation sites (N-methyl/N-ethyl adjacent to an activating group) is 1. The number of nitriles is 1. The largest absolute Gasteiger partial charge is 0.494 e. The highest BCUT2D eigenvalue weighted by atomic mass is 19.3. The molecule has 0 aliphatic carbocycles. The fourth-order valence-corrected chi connectivity index (χ4v) is 4.51. The number of likely N-dealkylation sites (tertiary alicyclic amines) is 1. The number of piperazine rings is 1. The summed E-state index contributed by atoms with van der Waals surface area (Å²) in [5.41, 5.74) is 0.877. The summed E-state index contributed by atoms with van der Waals surface area (Å²) in [4.78, 5) is 35.1. The van der Waals surface area contributed by atoms with E-state index in [2.05, 4.69) is 27.1 Å². The number of hydrogen-bond acceptors (Lipinski definition) is 7. The predicted molar refractivity (Wildman–Crippen MR) is 129 cm³/mol. The SMILES string of the molecule is CN1CCN(CCCOc2ccc3nccc(C(=O)NCC(=O)N4CC(F)(F)CC4C#N)c3c2)CC1. The van der Waals surface area contributed by atoms with Gasteiger partial charge in [0.25, 0.3) is 11.8 Å². The van der Waals surface area contributed by atoms with Gasteiger partial charge in [-0.05, 0) is 37.7 Å². The van der Waals surface area contributed by atoms with Crippen LogP contribution in [0.2, 0.25) is 0 Å². The van der Waals surface area contributed by atoms with Gasteiger partial charge in [0.15, 0.2) is 0 Å². The van der Waals surface area contributed by atoms with E-state index in [1.807, 2.05) is 0 Å². The monoisotopic (exact) mass is 500 g/mol. The third kappa shape index (κ3) is 6.25. The second-order valence-electron chi connectivity index (χ2n) is 9.29. The number of nitrogens with one attached hydrogen (secondary N) is 1. The lowest BCUT2D eigenvalue weighted by atomic mass is 10.1. The van der Waals surface area contributed by atoms with Crippen molar-refractivity contribution in [2.45, 2.75) is 24.8 Å². The van der Waals surface area contributed by atoms with Crippen LogP contribution >= 0.6 is 0 Å². The van der Waals surface area contributed by atoms with Crippen LogP contribution in [-0.2, 0) is 4.79 Å². The summed E-state index contributed by atoms with van der Waals surface area (Å²) in [7, 11) is 2.13. The first kappa shape index (κ1) is 25.7. The number of ether oxygens (including phenoxy) is 1. The van der Waals surface area contributed by atoms with Crippen LogP contribution in [0.15, 0.2) is 30.5 Å². The van der Waals surface area contributed by atoms with Gasteiger partial charge in [-0.25, -0.2) is 8.78 Å². The number of aromatic nitrogens is 1. The van der Waals surface area contributed by atoms with E-state index in [0.29, 0.717) is 28.8 Å². The molecule has 1 unspecified atom stereocenters. The summed E-state index contributed by atoms with van der Waals surface area (Å²) in [6.07, 6.45) is 1.67. The molecule has 3 heterocycles. The molecule has 2 amide bonds. The molecule has 1 N–H and O–H groups in total. The Morgan fingerprint density at radius 3 is 2.78 bits per heavy atom. The van der Waals surface area contributed by atoms with Crippen LogP contribution in [0.1, 0.15) is 23.2 Å². The second kappa shape index (κ2) is 11.1. The van der Waals surface area contributed by atoms with Crippen molar-refractivity contribution in [2.75, 3.05) is 59.5 Å². The number of hydrogen-bond donors (Lipinski definition) is 1. The highest BCUT2D eigenvalue weighted by Gasteiger charge is 2.47. The van der Waals surface area contributed by atoms with Crippen LogP contribution in [-0.4, -0.2) is 103 Å². The van der Waals surface area contributed by atoms with Crippen molar-refractivity contribution in [3.63, 3.8) is 0 Å². The first-order valence-electron chi connectivity index (χ1n) is 12.0. The minimum atomic E-state index is -3.11. The van der Waals surface area contributed by atoms with Crippen molar-refractivity contribution in [3.8, 4) is 11.8 Å². The molecule has 36 heavy (non-hydrogen) atoms. The molecule has 0 saturated carbocycles. The van der Waals surface area contributed by atoms with Crippen molar-refractivity contribution in [1.82, 2.24) is 25.0 Å². The van der Waals surface area contributed by atoms with E-state index in [-0.39, 0.29) is 0 Å². The van der Waals surface area contributed by atoms with E-state index in [9.17, 15) is 18.4 Å². The number of rotatable bonds is 8. The molecule has 9 nitrogen and oxygen atoms in total. The average Bonchev–Trinajstić information content (AvgIpc) is 3.20. The summed E-state index contributed by atoms with van der Waals surface area (Å²) in [6, 6.07) is 7.35. The molecule has 2 aliphatic rings. The van der Waals surface area contributed by atoms with E-state index >= 15 is 0 Å². The van der Waals surface area contributed by atoms with E-state index in [4.69, 9.17) is 10.00 Å². The van der Waals surface area contributed by atoms with Gasteiger partial charge in [0.2, 0.25) is 5.91 Å². The van der Waals surface area contributed by atoms with Gasteiger partial charge in [-0.1, -0.05) is 0 Å². The molecule has 1 aromatic heterocycles. The van der Waals surface area contributed by atoms with Crippen molar-refractivity contribution in [2.24, 2.45) is 0 Å². The molecule has 1 atom stereocenters. The van der Waals surface area contributed by atoms with Crippen LogP contribution in [0, 0.1) is 11.3 Å². The lowest BCUT2D eigenvalue weighted by molar-refractivity contribution is -0.131. The van der Waals surface area contributed by atoms with Crippen LogP contribution < -0.4 is 10.1 Å². The summed E-state index contributed by atoms with van der Waals surface area (Å²) in [5.74, 6) is -3.77. The zero-order chi connectivity index (χ0) is 25.7. The Kier molecular flexibility index (Phi) is 7.96. The normalized spacial score (nSPS) is 20.3. The van der Waals surface area contributed by atoms with Gasteiger partial charge < -0.3 is 24.8 Å². The topological polar surface area (TPSA) is 102 Å². The van der Waals surface area contributed by atoms with Gasteiger partial charge in [0.1, 0.15) is 11.8 Å². The summed E-state index contributed by atoms with van der Waals surface area (Å²) in [6.45, 7) is 4.42. The molecule has 11 heteroatoms. The molecule has 0 spiro atoms. The molecule has 2 aliphatic heterocycles. The first-order valence-corrected chi connectivity index (χ1v) is 12.0. The van der Waals surface area contributed by atoms with Crippen molar-refractivity contribution in [1.29, 1.82) is 5.26 Å². The van der Waals surface area contributed by atoms with Crippen molar-refractivity contribution >= 4 is 22.7 Å². The molecule has 1 aromatic carbocycles. The quantitative estimate of drug-likeness (QED) is 0.551. The molecular formula is C25H30F2N6O3. The number of carbonyl (C=O) groups is 2. The fourth-order valence-electron chi connectivity index (χ4n) is 4.51. The Bertz CT molecular complexity index is 1150. The molecule has 2 fully saturated rings. The number of amides is 2. The third-order valence-electron chi connectivity index (χ3n) is 6.58. The van der Waals surface area contributed by atoms with Gasteiger partial charge in [-0.3, -0.25) is 14.6 Å². The van der Waals surface area contributed by atoms with Crippen LogP contribution in [0.25, 0.3) is 10.9 Å². The standard InChI is InChI=1S/C25H30F2N6O3/c1-31-8-10-32(11-9-31)7-2-12-36-19-3-4-22-21(13-19)20(5-6-29-22)24(35)30-16-23(34)33-17-25(26,27)14-18(33)15-28/h3-6,13,18H,2,7-12,14,16-17H2,1H3,(H,30,35). The maximum atomic E-state index is 13.6. The third-order valence-corrected chi connectivity index (χ3v) is 6.58. The minimum Gasteiger partial charge on any atom is -0.494 e. The number of alkyl halides is 2. The lowest BCUT2D eigenvalue weighted by Gasteiger charge is -2.32. The number of benzene rings is 1. The summed E-state index contributed by atoms with van der Waals surface area (Å²) >= 11 is 0. The van der Waals surface area contributed by atoms with Gasteiger partial charge in [-0.2, -0.15) is 5.26 Å². The second-order valence-corrected chi connectivity index (χ2v) is 9.29. The van der Waals surface area contributed by atoms with Crippen molar-refractivity contribution < 1.29 is 23.1 Å². The van der Waals surface area contributed by atoms with Gasteiger partial charge in [0.05, 0.1) is 36.8 Å². The Morgan fingerprint density at radius 1 is 1.25 bits per heavy atom.